The lowest BCUT2D eigenvalue weighted by Crippen LogP contribution is -2.58. The molecule has 1 fully saturated rings. The molecule has 0 spiro atoms. The van der Waals surface area contributed by atoms with E-state index in [-0.39, 0.29) is 5.78 Å². The molecule has 0 aromatic carbocycles. The molecule has 0 bridgehead atoms. The highest BCUT2D eigenvalue weighted by Gasteiger charge is 2.50. The van der Waals surface area contributed by atoms with E-state index in [1.165, 1.54) is 6.92 Å². The van der Waals surface area contributed by atoms with Crippen LogP contribution in [0.1, 0.15) is 26.2 Å². The largest absolute Gasteiger partial charge is 0.335 e. The summed E-state index contributed by atoms with van der Waals surface area (Å²) in [5, 5.41) is 11.6. The Bertz CT molecular complexity index is 351. The summed E-state index contributed by atoms with van der Waals surface area (Å²) in [7, 11) is 0. The van der Waals surface area contributed by atoms with E-state index in [0.717, 1.165) is 0 Å². The number of carbonyl (C=O) groups excluding carboxylic acids is 2. The summed E-state index contributed by atoms with van der Waals surface area (Å²) < 4.78 is 0. The Balaban J connectivity index is 3.07. The summed E-state index contributed by atoms with van der Waals surface area (Å²) in [6.07, 6.45) is 1.64. The van der Waals surface area contributed by atoms with Crippen LogP contribution in [0, 0.1) is 17.2 Å². The molecule has 88 valence electrons. The van der Waals surface area contributed by atoms with Crippen molar-refractivity contribution in [1.29, 1.82) is 5.26 Å². The van der Waals surface area contributed by atoms with Crippen molar-refractivity contribution >= 4 is 34.9 Å². The van der Waals surface area contributed by atoms with Gasteiger partial charge in [0.25, 0.3) is 0 Å². The Kier molecular flexibility index (Phi) is 4.17. The summed E-state index contributed by atoms with van der Waals surface area (Å²) >= 11 is 11.5. The maximum atomic E-state index is 11.6. The number of carbonyl (C=O) groups is 2. The fraction of sp³-hybridized carbons (Fsp3) is 0.700. The molecule has 1 N–H and O–H groups in total. The van der Waals surface area contributed by atoms with E-state index in [9.17, 15) is 14.9 Å². The van der Waals surface area contributed by atoms with Crippen molar-refractivity contribution in [3.63, 3.8) is 0 Å². The number of amides is 1. The number of ketones is 1. The number of rotatable bonds is 3. The summed E-state index contributed by atoms with van der Waals surface area (Å²) in [5.74, 6) is -1.10. The monoisotopic (exact) mass is 262 g/mol. The minimum atomic E-state index is -1.50. The first-order valence-corrected chi connectivity index (χ1v) is 5.82. The van der Waals surface area contributed by atoms with Crippen LogP contribution in [0.3, 0.4) is 0 Å². The second-order valence-electron chi connectivity index (χ2n) is 3.87. The van der Waals surface area contributed by atoms with E-state index in [4.69, 9.17) is 23.2 Å². The first kappa shape index (κ1) is 13.3. The molecule has 0 unspecified atom stereocenters. The molecular formula is C10H12Cl2N2O2. The van der Waals surface area contributed by atoms with Gasteiger partial charge >= 0.3 is 0 Å². The minimum absolute atomic E-state index is 0.0680. The van der Waals surface area contributed by atoms with Crippen molar-refractivity contribution in [3.05, 3.63) is 0 Å². The number of halogens is 2. The van der Waals surface area contributed by atoms with Crippen molar-refractivity contribution < 1.29 is 9.59 Å². The molecule has 6 heteroatoms. The number of hydrogen-bond acceptors (Lipinski definition) is 3. The summed E-state index contributed by atoms with van der Waals surface area (Å²) in [5.41, 5.74) is -1.50. The van der Waals surface area contributed by atoms with E-state index in [0.29, 0.717) is 19.3 Å². The molecule has 1 rings (SSSR count). The Morgan fingerprint density at radius 2 is 2.31 bits per heavy atom. The number of Topliss-reactive ketones (excluding diaryl/α,β-unsaturated/α-hetero) is 1. The molecule has 0 aliphatic heterocycles. The number of nitrogens with one attached hydrogen (secondary N) is 1. The molecule has 1 amide bonds. The third-order valence-corrected chi connectivity index (χ3v) is 3.45. The van der Waals surface area contributed by atoms with Crippen LogP contribution < -0.4 is 5.32 Å². The van der Waals surface area contributed by atoms with Gasteiger partial charge in [-0.25, -0.2) is 0 Å². The Morgan fingerprint density at radius 1 is 1.69 bits per heavy atom. The van der Waals surface area contributed by atoms with Crippen LogP contribution in [0.5, 0.6) is 0 Å². The maximum absolute atomic E-state index is 11.6. The summed E-state index contributed by atoms with van der Waals surface area (Å²) in [6, 6.07) is 1.90. The molecule has 2 atom stereocenters. The summed E-state index contributed by atoms with van der Waals surface area (Å²) in [6.45, 7) is 1.27. The number of nitriles is 1. The standard InChI is InChI=1S/C10H12Cl2N2O2/c1-6(15)14-10(5-13,9(11)12)7-3-2-4-8(7)16/h7,9H,2-4H2,1H3,(H,14,15)/t7-,10+/m0/s1. The lowest BCUT2D eigenvalue weighted by Gasteiger charge is -2.33. The van der Waals surface area contributed by atoms with E-state index < -0.39 is 22.2 Å². The number of hydrogen-bond donors (Lipinski definition) is 1. The smallest absolute Gasteiger partial charge is 0.218 e. The topological polar surface area (TPSA) is 70.0 Å². The Morgan fingerprint density at radius 3 is 2.62 bits per heavy atom. The van der Waals surface area contributed by atoms with Gasteiger partial charge in [0.1, 0.15) is 10.6 Å². The quantitative estimate of drug-likeness (QED) is 0.785. The average Bonchev–Trinajstić information content (AvgIpc) is 2.60. The maximum Gasteiger partial charge on any atom is 0.218 e. The molecule has 0 aromatic rings. The zero-order valence-electron chi connectivity index (χ0n) is 8.80. The number of alkyl halides is 2. The zero-order valence-corrected chi connectivity index (χ0v) is 10.3. The van der Waals surface area contributed by atoms with Crippen molar-refractivity contribution in [1.82, 2.24) is 5.32 Å². The van der Waals surface area contributed by atoms with Crippen molar-refractivity contribution in [2.75, 3.05) is 0 Å². The van der Waals surface area contributed by atoms with Gasteiger partial charge in [-0.05, 0) is 12.8 Å². The van der Waals surface area contributed by atoms with Gasteiger partial charge in [0.2, 0.25) is 5.91 Å². The Hall–Kier alpha value is -0.790. The van der Waals surface area contributed by atoms with Crippen LogP contribution >= 0.6 is 23.2 Å². The van der Waals surface area contributed by atoms with Gasteiger partial charge in [-0.15, -0.1) is 23.2 Å². The van der Waals surface area contributed by atoms with Gasteiger partial charge in [-0.1, -0.05) is 0 Å². The molecule has 0 aromatic heterocycles. The molecule has 0 heterocycles. The second-order valence-corrected chi connectivity index (χ2v) is 4.97. The fourth-order valence-electron chi connectivity index (χ4n) is 2.04. The van der Waals surface area contributed by atoms with Crippen molar-refractivity contribution in [2.24, 2.45) is 5.92 Å². The molecule has 4 nitrogen and oxygen atoms in total. The third-order valence-electron chi connectivity index (χ3n) is 2.77. The van der Waals surface area contributed by atoms with Crippen LogP contribution in [0.2, 0.25) is 0 Å². The van der Waals surface area contributed by atoms with Gasteiger partial charge in [0, 0.05) is 13.3 Å². The van der Waals surface area contributed by atoms with Crippen LogP contribution in [-0.2, 0) is 9.59 Å². The summed E-state index contributed by atoms with van der Waals surface area (Å²) in [4.78, 5) is 21.6. The van der Waals surface area contributed by atoms with Crippen molar-refractivity contribution in [2.45, 2.75) is 36.6 Å². The van der Waals surface area contributed by atoms with Crippen LogP contribution in [0.15, 0.2) is 0 Å². The van der Waals surface area contributed by atoms with Gasteiger partial charge < -0.3 is 5.32 Å². The lowest BCUT2D eigenvalue weighted by molar-refractivity contribution is -0.124. The van der Waals surface area contributed by atoms with Crippen LogP contribution in [-0.4, -0.2) is 22.1 Å². The lowest BCUT2D eigenvalue weighted by atomic mass is 9.84. The van der Waals surface area contributed by atoms with Gasteiger partial charge in [-0.2, -0.15) is 5.26 Å². The second kappa shape index (κ2) is 5.03. The Labute approximate surface area is 104 Å². The minimum Gasteiger partial charge on any atom is -0.335 e. The molecular weight excluding hydrogens is 251 g/mol. The van der Waals surface area contributed by atoms with Crippen molar-refractivity contribution in [3.8, 4) is 6.07 Å². The highest BCUT2D eigenvalue weighted by atomic mass is 35.5. The molecule has 1 aliphatic rings. The predicted molar refractivity (Wildman–Crippen MR) is 60.0 cm³/mol. The van der Waals surface area contributed by atoms with Crippen LogP contribution in [0.25, 0.3) is 0 Å². The molecule has 16 heavy (non-hydrogen) atoms. The van der Waals surface area contributed by atoms with Gasteiger partial charge in [0.05, 0.1) is 12.0 Å². The highest BCUT2D eigenvalue weighted by Crippen LogP contribution is 2.36. The number of nitrogens with zero attached hydrogens (tertiary/aromatic N) is 1. The van der Waals surface area contributed by atoms with E-state index in [1.807, 2.05) is 6.07 Å². The third kappa shape index (κ3) is 2.31. The average molecular weight is 263 g/mol. The van der Waals surface area contributed by atoms with Crippen LogP contribution in [0.4, 0.5) is 0 Å². The van der Waals surface area contributed by atoms with E-state index in [1.54, 1.807) is 0 Å². The first-order chi connectivity index (χ1) is 7.44. The molecule has 1 saturated carbocycles. The first-order valence-electron chi connectivity index (χ1n) is 4.95. The molecule has 1 aliphatic carbocycles. The highest BCUT2D eigenvalue weighted by molar-refractivity contribution is 6.45. The van der Waals surface area contributed by atoms with E-state index in [2.05, 4.69) is 5.32 Å². The zero-order chi connectivity index (χ0) is 12.3. The normalized spacial score (nSPS) is 23.9. The van der Waals surface area contributed by atoms with E-state index >= 15 is 0 Å². The molecule has 0 radical (unpaired) electrons. The SMILES string of the molecule is CC(=O)N[C@@](C#N)(C(Cl)Cl)[C@H]1CCCC1=O. The molecule has 0 saturated heterocycles. The fourth-order valence-corrected chi connectivity index (χ4v) is 2.55. The predicted octanol–water partition coefficient (Wildman–Crippen LogP) is 1.56. The van der Waals surface area contributed by atoms with Gasteiger partial charge in [-0.3, -0.25) is 9.59 Å². The van der Waals surface area contributed by atoms with Gasteiger partial charge in [0.15, 0.2) is 5.54 Å².